The van der Waals surface area contributed by atoms with Gasteiger partial charge < -0.3 is 9.16 Å². The van der Waals surface area contributed by atoms with Gasteiger partial charge in [-0.1, -0.05) is 20.8 Å². The number of ether oxygens (including phenoxy) is 1. The second kappa shape index (κ2) is 5.79. The Balaban J connectivity index is 1.84. The van der Waals surface area contributed by atoms with Gasteiger partial charge in [0.05, 0.1) is 12.1 Å². The standard InChI is InChI=1S/C14H22N2O2SSi/c1-14(2,3)20(4,5)18-9-8-17-12-7-6-11-13(16-12)19-10-15-11/h6-7,10H,8-9H2,1-5H3. The molecule has 4 nitrogen and oxygen atoms in total. The molecule has 2 rings (SSSR count). The smallest absolute Gasteiger partial charge is 0.214 e. The Kier molecular flexibility index (Phi) is 4.46. The van der Waals surface area contributed by atoms with E-state index in [-0.39, 0.29) is 5.04 Å². The maximum Gasteiger partial charge on any atom is 0.214 e. The van der Waals surface area contributed by atoms with Gasteiger partial charge in [0.1, 0.15) is 17.0 Å². The quantitative estimate of drug-likeness (QED) is 0.616. The van der Waals surface area contributed by atoms with Gasteiger partial charge in [0, 0.05) is 6.07 Å². The van der Waals surface area contributed by atoms with Gasteiger partial charge >= 0.3 is 0 Å². The fourth-order valence-electron chi connectivity index (χ4n) is 1.47. The summed E-state index contributed by atoms with van der Waals surface area (Å²) in [5, 5.41) is 0.229. The van der Waals surface area contributed by atoms with Crippen molar-refractivity contribution in [3.63, 3.8) is 0 Å². The summed E-state index contributed by atoms with van der Waals surface area (Å²) in [5.41, 5.74) is 2.71. The van der Waals surface area contributed by atoms with Crippen LogP contribution >= 0.6 is 11.3 Å². The maximum absolute atomic E-state index is 6.06. The second-order valence-electron chi connectivity index (χ2n) is 6.28. The summed E-state index contributed by atoms with van der Waals surface area (Å²) in [5.74, 6) is 0.639. The Hall–Kier alpha value is -0.983. The molecule has 6 heteroatoms. The molecule has 0 saturated heterocycles. The maximum atomic E-state index is 6.06. The average Bonchev–Trinajstić information content (AvgIpc) is 2.80. The summed E-state index contributed by atoms with van der Waals surface area (Å²) in [7, 11) is -1.68. The molecule has 0 aliphatic carbocycles. The number of nitrogens with zero attached hydrogens (tertiary/aromatic N) is 2. The lowest BCUT2D eigenvalue weighted by atomic mass is 10.2. The molecule has 0 bridgehead atoms. The number of aromatic nitrogens is 2. The molecule has 2 heterocycles. The fraction of sp³-hybridized carbons (Fsp3) is 0.571. The number of pyridine rings is 1. The van der Waals surface area contributed by atoms with Crippen LogP contribution in [-0.4, -0.2) is 31.5 Å². The molecule has 0 aliphatic rings. The van der Waals surface area contributed by atoms with Gasteiger partial charge in [-0.25, -0.2) is 9.97 Å². The van der Waals surface area contributed by atoms with Crippen molar-refractivity contribution in [3.8, 4) is 5.88 Å². The molecule has 0 saturated carbocycles. The number of fused-ring (bicyclic) bond motifs is 1. The van der Waals surface area contributed by atoms with Crippen molar-refractivity contribution in [3.05, 3.63) is 17.6 Å². The molecule has 0 radical (unpaired) electrons. The molecule has 0 fully saturated rings. The summed E-state index contributed by atoms with van der Waals surface area (Å²) in [6.45, 7) is 12.3. The highest BCUT2D eigenvalue weighted by Gasteiger charge is 2.36. The van der Waals surface area contributed by atoms with Crippen LogP contribution in [0.2, 0.25) is 18.1 Å². The SMILES string of the molecule is CC(C)(C)[Si](C)(C)OCCOc1ccc2ncsc2n1. The number of rotatable bonds is 5. The summed E-state index contributed by atoms with van der Waals surface area (Å²) in [6, 6.07) is 3.79. The largest absolute Gasteiger partial charge is 0.475 e. The first-order valence-corrected chi connectivity index (χ1v) is 10.6. The van der Waals surface area contributed by atoms with E-state index in [9.17, 15) is 0 Å². The average molecular weight is 310 g/mol. The summed E-state index contributed by atoms with van der Waals surface area (Å²) in [4.78, 5) is 9.51. The van der Waals surface area contributed by atoms with E-state index in [1.807, 2.05) is 12.1 Å². The highest BCUT2D eigenvalue weighted by Crippen LogP contribution is 2.36. The van der Waals surface area contributed by atoms with Crippen molar-refractivity contribution in [2.24, 2.45) is 0 Å². The minimum atomic E-state index is -1.68. The number of hydrogen-bond acceptors (Lipinski definition) is 5. The molecule has 20 heavy (non-hydrogen) atoms. The lowest BCUT2D eigenvalue weighted by Gasteiger charge is -2.36. The van der Waals surface area contributed by atoms with Crippen LogP contribution in [0.4, 0.5) is 0 Å². The van der Waals surface area contributed by atoms with Crippen molar-refractivity contribution >= 4 is 30.0 Å². The molecule has 0 atom stereocenters. The lowest BCUT2D eigenvalue weighted by Crippen LogP contribution is -2.41. The van der Waals surface area contributed by atoms with Crippen LogP contribution in [0, 0.1) is 0 Å². The van der Waals surface area contributed by atoms with Gasteiger partial charge in [0.15, 0.2) is 8.32 Å². The molecular weight excluding hydrogens is 288 g/mol. The van der Waals surface area contributed by atoms with Gasteiger partial charge in [0.25, 0.3) is 0 Å². The van der Waals surface area contributed by atoms with Crippen molar-refractivity contribution in [2.45, 2.75) is 38.9 Å². The van der Waals surface area contributed by atoms with E-state index in [1.54, 1.807) is 5.51 Å². The van der Waals surface area contributed by atoms with E-state index in [0.717, 1.165) is 10.3 Å². The van der Waals surface area contributed by atoms with Crippen LogP contribution < -0.4 is 4.74 Å². The second-order valence-corrected chi connectivity index (χ2v) is 11.9. The molecule has 2 aromatic heterocycles. The van der Waals surface area contributed by atoms with E-state index in [2.05, 4.69) is 43.8 Å². The van der Waals surface area contributed by atoms with Crippen LogP contribution in [-0.2, 0) is 4.43 Å². The van der Waals surface area contributed by atoms with Gasteiger partial charge in [0.2, 0.25) is 5.88 Å². The minimum absolute atomic E-state index is 0.229. The summed E-state index contributed by atoms with van der Waals surface area (Å²) < 4.78 is 11.7. The van der Waals surface area contributed by atoms with Crippen molar-refractivity contribution in [2.75, 3.05) is 13.2 Å². The van der Waals surface area contributed by atoms with Crippen LogP contribution in [0.1, 0.15) is 20.8 Å². The predicted molar refractivity (Wildman–Crippen MR) is 86.1 cm³/mol. The molecule has 0 N–H and O–H groups in total. The lowest BCUT2D eigenvalue weighted by molar-refractivity contribution is 0.199. The summed E-state index contributed by atoms with van der Waals surface area (Å²) in [6.07, 6.45) is 0. The highest BCUT2D eigenvalue weighted by atomic mass is 32.1. The fourth-order valence-corrected chi connectivity index (χ4v) is 3.15. The third-order valence-corrected chi connectivity index (χ3v) is 9.05. The molecule has 0 aromatic carbocycles. The Morgan fingerprint density at radius 1 is 1.20 bits per heavy atom. The Labute approximate surface area is 125 Å². The Bertz CT molecular complexity index is 578. The first-order valence-electron chi connectivity index (χ1n) is 6.77. The molecule has 0 unspecified atom stereocenters. The number of hydrogen-bond donors (Lipinski definition) is 0. The topological polar surface area (TPSA) is 44.2 Å². The first-order chi connectivity index (χ1) is 9.29. The molecule has 0 amide bonds. The van der Waals surface area contributed by atoms with Crippen LogP contribution in [0.25, 0.3) is 10.3 Å². The van der Waals surface area contributed by atoms with E-state index in [1.165, 1.54) is 11.3 Å². The van der Waals surface area contributed by atoms with Gasteiger partial charge in [-0.2, -0.15) is 0 Å². The Morgan fingerprint density at radius 3 is 2.65 bits per heavy atom. The van der Waals surface area contributed by atoms with Gasteiger partial charge in [-0.3, -0.25) is 0 Å². The van der Waals surface area contributed by atoms with Crippen LogP contribution in [0.15, 0.2) is 17.6 Å². The van der Waals surface area contributed by atoms with Gasteiger partial charge in [-0.15, -0.1) is 11.3 Å². The van der Waals surface area contributed by atoms with Crippen molar-refractivity contribution in [1.29, 1.82) is 0 Å². The zero-order valence-electron chi connectivity index (χ0n) is 12.8. The van der Waals surface area contributed by atoms with Crippen LogP contribution in [0.5, 0.6) is 5.88 Å². The molecule has 2 aromatic rings. The molecular formula is C14H22N2O2SSi. The third kappa shape index (κ3) is 3.56. The zero-order chi connectivity index (χ0) is 14.8. The van der Waals surface area contributed by atoms with Crippen molar-refractivity contribution in [1.82, 2.24) is 9.97 Å². The van der Waals surface area contributed by atoms with Gasteiger partial charge in [-0.05, 0) is 24.2 Å². The minimum Gasteiger partial charge on any atom is -0.475 e. The first kappa shape index (κ1) is 15.4. The molecule has 0 spiro atoms. The van der Waals surface area contributed by atoms with E-state index in [0.29, 0.717) is 19.1 Å². The zero-order valence-corrected chi connectivity index (χ0v) is 14.6. The van der Waals surface area contributed by atoms with E-state index in [4.69, 9.17) is 9.16 Å². The summed E-state index contributed by atoms with van der Waals surface area (Å²) >= 11 is 1.52. The van der Waals surface area contributed by atoms with E-state index >= 15 is 0 Å². The number of thiazole rings is 1. The predicted octanol–water partition coefficient (Wildman–Crippen LogP) is 4.09. The van der Waals surface area contributed by atoms with Crippen molar-refractivity contribution < 1.29 is 9.16 Å². The van der Waals surface area contributed by atoms with E-state index < -0.39 is 8.32 Å². The normalized spacial score (nSPS) is 12.8. The molecule has 0 aliphatic heterocycles. The molecule has 110 valence electrons. The highest BCUT2D eigenvalue weighted by molar-refractivity contribution is 7.16. The third-order valence-electron chi connectivity index (χ3n) is 3.77. The Morgan fingerprint density at radius 2 is 1.95 bits per heavy atom. The van der Waals surface area contributed by atoms with Crippen LogP contribution in [0.3, 0.4) is 0 Å². The monoisotopic (exact) mass is 310 g/mol.